The molecule has 1 saturated heterocycles. The van der Waals surface area contributed by atoms with Crippen LogP contribution in [0.1, 0.15) is 52.4 Å². The van der Waals surface area contributed by atoms with Crippen LogP contribution in [0.15, 0.2) is 0 Å². The molecule has 19 heavy (non-hydrogen) atoms. The smallest absolute Gasteiger partial charge is 0.168 e. The Balaban J connectivity index is 1.35. The van der Waals surface area contributed by atoms with Crippen LogP contribution in [-0.4, -0.2) is 31.2 Å². The van der Waals surface area contributed by atoms with Crippen molar-refractivity contribution in [3.8, 4) is 0 Å². The number of fused-ring (bicyclic) bond motifs is 1. The zero-order chi connectivity index (χ0) is 13.1. The zero-order valence-electron chi connectivity index (χ0n) is 12.2. The molecule has 4 fully saturated rings. The fourth-order valence-corrected chi connectivity index (χ4v) is 4.10. The molecule has 3 heteroatoms. The summed E-state index contributed by atoms with van der Waals surface area (Å²) >= 11 is 0. The Kier molecular flexibility index (Phi) is 2.78. The molecule has 1 heterocycles. The van der Waals surface area contributed by atoms with Gasteiger partial charge in [-0.2, -0.15) is 0 Å². The highest BCUT2D eigenvalue weighted by Gasteiger charge is 2.54. The van der Waals surface area contributed by atoms with Crippen LogP contribution in [-0.2, 0) is 14.2 Å². The molecule has 0 aromatic rings. The minimum absolute atomic E-state index is 0.181. The van der Waals surface area contributed by atoms with Crippen molar-refractivity contribution in [1.29, 1.82) is 0 Å². The summed E-state index contributed by atoms with van der Waals surface area (Å²) in [6.07, 6.45) is 8.36. The SMILES string of the molecule is CC1(C)COC2(C[C@H]3C[C@H](OC4CC4)C[C@H]3C2)OC1. The van der Waals surface area contributed by atoms with Crippen molar-refractivity contribution in [2.24, 2.45) is 17.3 Å². The second-order valence-corrected chi connectivity index (χ2v) is 8.01. The van der Waals surface area contributed by atoms with Gasteiger partial charge >= 0.3 is 0 Å². The molecule has 0 N–H and O–H groups in total. The highest BCUT2D eigenvalue weighted by Crippen LogP contribution is 2.53. The van der Waals surface area contributed by atoms with E-state index in [0.717, 1.165) is 37.9 Å². The molecule has 3 nitrogen and oxygen atoms in total. The third kappa shape index (κ3) is 2.45. The quantitative estimate of drug-likeness (QED) is 0.768. The van der Waals surface area contributed by atoms with Crippen LogP contribution in [0.3, 0.4) is 0 Å². The Hall–Kier alpha value is -0.120. The first-order chi connectivity index (χ1) is 9.04. The molecule has 0 aromatic heterocycles. The van der Waals surface area contributed by atoms with E-state index in [1.54, 1.807) is 0 Å². The fourth-order valence-electron chi connectivity index (χ4n) is 4.10. The predicted molar refractivity (Wildman–Crippen MR) is 71.8 cm³/mol. The van der Waals surface area contributed by atoms with Gasteiger partial charge in [0.15, 0.2) is 5.79 Å². The molecule has 1 spiro atoms. The normalized spacial score (nSPS) is 43.6. The van der Waals surface area contributed by atoms with E-state index in [9.17, 15) is 0 Å². The van der Waals surface area contributed by atoms with E-state index in [1.165, 1.54) is 25.7 Å². The number of ether oxygens (including phenoxy) is 3. The lowest BCUT2D eigenvalue weighted by Crippen LogP contribution is -2.46. The van der Waals surface area contributed by atoms with Gasteiger partial charge in [-0.1, -0.05) is 13.8 Å². The third-order valence-corrected chi connectivity index (χ3v) is 5.31. The highest BCUT2D eigenvalue weighted by molar-refractivity contribution is 4.99. The van der Waals surface area contributed by atoms with Gasteiger partial charge in [-0.3, -0.25) is 0 Å². The van der Waals surface area contributed by atoms with Crippen molar-refractivity contribution in [2.75, 3.05) is 13.2 Å². The van der Waals surface area contributed by atoms with Crippen LogP contribution in [0.25, 0.3) is 0 Å². The average molecular weight is 266 g/mol. The molecule has 108 valence electrons. The Bertz CT molecular complexity index is 335. The van der Waals surface area contributed by atoms with Crippen LogP contribution >= 0.6 is 0 Å². The van der Waals surface area contributed by atoms with Gasteiger partial charge in [0.2, 0.25) is 0 Å². The first-order valence-corrected chi connectivity index (χ1v) is 7.97. The van der Waals surface area contributed by atoms with E-state index in [0.29, 0.717) is 12.2 Å². The monoisotopic (exact) mass is 266 g/mol. The van der Waals surface area contributed by atoms with Gasteiger partial charge in [-0.25, -0.2) is 0 Å². The summed E-state index contributed by atoms with van der Waals surface area (Å²) in [6.45, 7) is 6.12. The van der Waals surface area contributed by atoms with E-state index in [4.69, 9.17) is 14.2 Å². The molecule has 1 aliphatic heterocycles. The first kappa shape index (κ1) is 12.6. The van der Waals surface area contributed by atoms with Gasteiger partial charge in [-0.05, 0) is 37.5 Å². The van der Waals surface area contributed by atoms with Crippen molar-refractivity contribution >= 4 is 0 Å². The minimum atomic E-state index is -0.241. The summed E-state index contributed by atoms with van der Waals surface area (Å²) < 4.78 is 18.4. The molecule has 3 aliphatic carbocycles. The van der Waals surface area contributed by atoms with Gasteiger partial charge in [0.25, 0.3) is 0 Å². The lowest BCUT2D eigenvalue weighted by molar-refractivity contribution is -0.297. The number of hydrogen-bond acceptors (Lipinski definition) is 3. The minimum Gasteiger partial charge on any atom is -0.375 e. The summed E-state index contributed by atoms with van der Waals surface area (Å²) in [5, 5.41) is 0. The Morgan fingerprint density at radius 1 is 0.895 bits per heavy atom. The zero-order valence-corrected chi connectivity index (χ0v) is 12.2. The van der Waals surface area contributed by atoms with Gasteiger partial charge in [0.05, 0.1) is 25.4 Å². The van der Waals surface area contributed by atoms with E-state index < -0.39 is 0 Å². The molecule has 4 rings (SSSR count). The second kappa shape index (κ2) is 4.19. The standard InChI is InChI=1S/C16H26O3/c1-15(2)9-17-16(18-10-15)7-11-5-14(6-12(11)8-16)19-13-3-4-13/h11-14H,3-10H2,1-2H3/t11-,12+,14+. The fraction of sp³-hybridized carbons (Fsp3) is 1.00. The molecule has 0 unspecified atom stereocenters. The van der Waals surface area contributed by atoms with Crippen LogP contribution in [0, 0.1) is 17.3 Å². The van der Waals surface area contributed by atoms with Crippen LogP contribution < -0.4 is 0 Å². The van der Waals surface area contributed by atoms with Crippen molar-refractivity contribution in [2.45, 2.75) is 70.4 Å². The second-order valence-electron chi connectivity index (χ2n) is 8.01. The maximum Gasteiger partial charge on any atom is 0.168 e. The Morgan fingerprint density at radius 3 is 2.00 bits per heavy atom. The molecule has 0 radical (unpaired) electrons. The molecule has 0 bridgehead atoms. The summed E-state index contributed by atoms with van der Waals surface area (Å²) in [4.78, 5) is 0. The Labute approximate surface area is 116 Å². The summed E-state index contributed by atoms with van der Waals surface area (Å²) in [6, 6.07) is 0. The van der Waals surface area contributed by atoms with Crippen molar-refractivity contribution in [3.05, 3.63) is 0 Å². The van der Waals surface area contributed by atoms with Crippen LogP contribution in [0.4, 0.5) is 0 Å². The molecule has 3 saturated carbocycles. The maximum absolute atomic E-state index is 6.14. The van der Waals surface area contributed by atoms with Crippen molar-refractivity contribution < 1.29 is 14.2 Å². The number of rotatable bonds is 2. The summed E-state index contributed by atoms with van der Waals surface area (Å²) in [7, 11) is 0. The number of hydrogen-bond donors (Lipinski definition) is 0. The van der Waals surface area contributed by atoms with Gasteiger partial charge in [-0.15, -0.1) is 0 Å². The average Bonchev–Trinajstić information content (AvgIpc) is 2.98. The van der Waals surface area contributed by atoms with Crippen molar-refractivity contribution in [1.82, 2.24) is 0 Å². The Morgan fingerprint density at radius 2 is 1.47 bits per heavy atom. The third-order valence-electron chi connectivity index (χ3n) is 5.31. The highest BCUT2D eigenvalue weighted by atomic mass is 16.7. The molecule has 4 aliphatic rings. The first-order valence-electron chi connectivity index (χ1n) is 7.97. The molecule has 0 aromatic carbocycles. The van der Waals surface area contributed by atoms with Crippen LogP contribution in [0.2, 0.25) is 0 Å². The van der Waals surface area contributed by atoms with Gasteiger partial charge in [0, 0.05) is 18.3 Å². The molecule has 0 amide bonds. The summed E-state index contributed by atoms with van der Waals surface area (Å²) in [5.41, 5.74) is 0.181. The molecular weight excluding hydrogens is 240 g/mol. The topological polar surface area (TPSA) is 27.7 Å². The lowest BCUT2D eigenvalue weighted by atomic mass is 9.94. The van der Waals surface area contributed by atoms with E-state index in [-0.39, 0.29) is 11.2 Å². The largest absolute Gasteiger partial charge is 0.375 e. The van der Waals surface area contributed by atoms with Gasteiger partial charge < -0.3 is 14.2 Å². The van der Waals surface area contributed by atoms with Gasteiger partial charge in [0.1, 0.15) is 0 Å². The predicted octanol–water partition coefficient (Wildman–Crippen LogP) is 3.12. The molecule has 3 atom stereocenters. The van der Waals surface area contributed by atoms with E-state index in [2.05, 4.69) is 13.8 Å². The van der Waals surface area contributed by atoms with Crippen molar-refractivity contribution in [3.63, 3.8) is 0 Å². The lowest BCUT2D eigenvalue weighted by Gasteiger charge is -2.42. The van der Waals surface area contributed by atoms with Crippen LogP contribution in [0.5, 0.6) is 0 Å². The summed E-state index contributed by atoms with van der Waals surface area (Å²) in [5.74, 6) is 1.30. The van der Waals surface area contributed by atoms with E-state index >= 15 is 0 Å². The maximum atomic E-state index is 6.14. The molecular formula is C16H26O3. The van der Waals surface area contributed by atoms with E-state index in [1.807, 2.05) is 0 Å².